The maximum Gasteiger partial charge on any atom is 0.191 e. The van der Waals surface area contributed by atoms with Gasteiger partial charge in [0.15, 0.2) is 5.96 Å². The summed E-state index contributed by atoms with van der Waals surface area (Å²) in [6.07, 6.45) is 2.59. The Balaban J connectivity index is 0.00000300. The van der Waals surface area contributed by atoms with Gasteiger partial charge in [-0.2, -0.15) is 0 Å². The number of aliphatic imine (C=N–C) groups is 1. The van der Waals surface area contributed by atoms with Crippen LogP contribution in [0.2, 0.25) is 0 Å². The number of rotatable bonds is 6. The van der Waals surface area contributed by atoms with Crippen LogP contribution in [0.15, 0.2) is 53.5 Å². The Kier molecular flexibility index (Phi) is 9.07. The molecule has 1 aliphatic heterocycles. The molecule has 0 amide bonds. The number of nitrogens with one attached hydrogen (secondary N) is 2. The summed E-state index contributed by atoms with van der Waals surface area (Å²) >= 11 is 0. The van der Waals surface area contributed by atoms with E-state index in [-0.39, 0.29) is 30.0 Å². The topological polar surface area (TPSA) is 42.9 Å². The number of guanidine groups is 1. The summed E-state index contributed by atoms with van der Waals surface area (Å²) in [6.45, 7) is 5.26. The first-order chi connectivity index (χ1) is 13.6. The van der Waals surface area contributed by atoms with Crippen molar-refractivity contribution in [1.82, 2.24) is 10.6 Å². The second-order valence-electron chi connectivity index (χ2n) is 7.65. The number of hydrogen-bond donors (Lipinski definition) is 2. The Morgan fingerprint density at radius 3 is 2.52 bits per heavy atom. The van der Waals surface area contributed by atoms with Gasteiger partial charge < -0.3 is 20.4 Å². The molecule has 1 atom stereocenters. The van der Waals surface area contributed by atoms with Crippen molar-refractivity contribution in [3.63, 3.8) is 0 Å². The lowest BCUT2D eigenvalue weighted by Gasteiger charge is -2.22. The Bertz CT molecular complexity index is 799. The zero-order valence-electron chi connectivity index (χ0n) is 18.0. The second-order valence-corrected chi connectivity index (χ2v) is 7.65. The summed E-state index contributed by atoms with van der Waals surface area (Å²) in [7, 11) is 5.94. The summed E-state index contributed by atoms with van der Waals surface area (Å²) in [5.74, 6) is 0.814. The van der Waals surface area contributed by atoms with Crippen molar-refractivity contribution < 1.29 is 0 Å². The highest BCUT2D eigenvalue weighted by Gasteiger charge is 2.14. The summed E-state index contributed by atoms with van der Waals surface area (Å²) < 4.78 is 0. The molecule has 0 aliphatic carbocycles. The lowest BCUT2D eigenvalue weighted by atomic mass is 10.1. The molecule has 2 aromatic carbocycles. The Morgan fingerprint density at radius 2 is 1.83 bits per heavy atom. The van der Waals surface area contributed by atoms with Crippen LogP contribution < -0.4 is 20.4 Å². The normalized spacial score (nSPS) is 14.9. The third-order valence-electron chi connectivity index (χ3n) is 5.31. The molecule has 1 fully saturated rings. The van der Waals surface area contributed by atoms with Gasteiger partial charge in [-0.05, 0) is 55.2 Å². The minimum Gasteiger partial charge on any atom is -0.378 e. The Hall–Kier alpha value is -1.96. The van der Waals surface area contributed by atoms with Crippen LogP contribution in [0.4, 0.5) is 11.4 Å². The van der Waals surface area contributed by atoms with Crippen molar-refractivity contribution in [3.8, 4) is 0 Å². The molecule has 0 spiro atoms. The zero-order valence-corrected chi connectivity index (χ0v) is 20.3. The van der Waals surface area contributed by atoms with Crippen molar-refractivity contribution in [2.75, 3.05) is 44.0 Å². The number of nitrogens with zero attached hydrogens (tertiary/aromatic N) is 3. The molecule has 0 saturated carbocycles. The maximum absolute atomic E-state index is 4.40. The van der Waals surface area contributed by atoms with Crippen LogP contribution in [0.5, 0.6) is 0 Å². The van der Waals surface area contributed by atoms with Gasteiger partial charge in [0.2, 0.25) is 0 Å². The fourth-order valence-electron chi connectivity index (χ4n) is 3.58. The molecule has 0 aromatic heterocycles. The molecule has 1 heterocycles. The minimum absolute atomic E-state index is 0. The van der Waals surface area contributed by atoms with E-state index in [1.54, 1.807) is 0 Å². The highest BCUT2D eigenvalue weighted by molar-refractivity contribution is 14.0. The van der Waals surface area contributed by atoms with E-state index in [1.165, 1.54) is 48.4 Å². The van der Waals surface area contributed by atoms with E-state index in [0.29, 0.717) is 0 Å². The minimum atomic E-state index is 0. The lowest BCUT2D eigenvalue weighted by Crippen LogP contribution is -2.38. The van der Waals surface area contributed by atoms with Crippen molar-refractivity contribution in [3.05, 3.63) is 59.7 Å². The smallest absolute Gasteiger partial charge is 0.191 e. The van der Waals surface area contributed by atoms with Crippen LogP contribution in [0.3, 0.4) is 0 Å². The molecule has 1 aliphatic rings. The highest BCUT2D eigenvalue weighted by atomic mass is 127. The van der Waals surface area contributed by atoms with Gasteiger partial charge in [-0.25, -0.2) is 0 Å². The van der Waals surface area contributed by atoms with Crippen LogP contribution >= 0.6 is 24.0 Å². The average Bonchev–Trinajstić information content (AvgIpc) is 3.26. The second kappa shape index (κ2) is 11.3. The number of hydrogen-bond acceptors (Lipinski definition) is 3. The third-order valence-corrected chi connectivity index (χ3v) is 5.31. The molecule has 6 heteroatoms. The van der Waals surface area contributed by atoms with Crippen LogP contribution in [0, 0.1) is 0 Å². The Morgan fingerprint density at radius 1 is 1.10 bits per heavy atom. The number of benzene rings is 2. The van der Waals surface area contributed by atoms with E-state index in [1.807, 2.05) is 7.05 Å². The molecule has 1 saturated heterocycles. The predicted molar refractivity (Wildman–Crippen MR) is 136 cm³/mol. The van der Waals surface area contributed by atoms with E-state index in [0.717, 1.165) is 12.5 Å². The van der Waals surface area contributed by atoms with E-state index < -0.39 is 0 Å². The van der Waals surface area contributed by atoms with E-state index in [2.05, 4.69) is 95.0 Å². The van der Waals surface area contributed by atoms with Gasteiger partial charge in [0.25, 0.3) is 0 Å². The maximum atomic E-state index is 4.40. The fourth-order valence-corrected chi connectivity index (χ4v) is 3.58. The molecule has 158 valence electrons. The first kappa shape index (κ1) is 23.3. The van der Waals surface area contributed by atoms with Crippen LogP contribution in [-0.4, -0.2) is 40.2 Å². The van der Waals surface area contributed by atoms with E-state index >= 15 is 0 Å². The van der Waals surface area contributed by atoms with Gasteiger partial charge >= 0.3 is 0 Å². The summed E-state index contributed by atoms with van der Waals surface area (Å²) in [6, 6.07) is 17.6. The molecule has 0 radical (unpaired) electrons. The largest absolute Gasteiger partial charge is 0.378 e. The summed E-state index contributed by atoms with van der Waals surface area (Å²) in [4.78, 5) is 8.99. The van der Waals surface area contributed by atoms with E-state index in [9.17, 15) is 0 Å². The van der Waals surface area contributed by atoms with Crippen molar-refractivity contribution in [1.29, 1.82) is 0 Å². The molecule has 29 heavy (non-hydrogen) atoms. The van der Waals surface area contributed by atoms with Gasteiger partial charge in [0, 0.05) is 52.2 Å². The third kappa shape index (κ3) is 6.52. The molecule has 2 N–H and O–H groups in total. The molecule has 2 aromatic rings. The molecule has 0 bridgehead atoms. The standard InChI is InChI=1S/C23H33N5.HI/c1-18(20-10-8-12-22(16-20)28-13-5-6-14-28)26-23(24-2)25-17-19-9-7-11-21(15-19)27(3)4;/h7-12,15-16,18H,5-6,13-14,17H2,1-4H3,(H2,24,25,26);1H. The summed E-state index contributed by atoms with van der Waals surface area (Å²) in [5.41, 5.74) is 5.04. The highest BCUT2D eigenvalue weighted by Crippen LogP contribution is 2.24. The van der Waals surface area contributed by atoms with Gasteiger partial charge in [-0.3, -0.25) is 4.99 Å². The van der Waals surface area contributed by atoms with Gasteiger partial charge in [-0.15, -0.1) is 24.0 Å². The molecule has 1 unspecified atom stereocenters. The van der Waals surface area contributed by atoms with Gasteiger partial charge in [0.1, 0.15) is 0 Å². The molecule has 5 nitrogen and oxygen atoms in total. The SMILES string of the molecule is CN=C(NCc1cccc(N(C)C)c1)NC(C)c1cccc(N2CCCC2)c1.I. The van der Waals surface area contributed by atoms with Crippen molar-refractivity contribution >= 4 is 41.3 Å². The van der Waals surface area contributed by atoms with Gasteiger partial charge in [-0.1, -0.05) is 24.3 Å². The monoisotopic (exact) mass is 507 g/mol. The number of anilines is 2. The zero-order chi connectivity index (χ0) is 19.9. The lowest BCUT2D eigenvalue weighted by molar-refractivity contribution is 0.685. The number of halogens is 1. The van der Waals surface area contributed by atoms with Crippen LogP contribution in [0.25, 0.3) is 0 Å². The molecular formula is C23H34IN5. The van der Waals surface area contributed by atoms with Crippen molar-refractivity contribution in [2.24, 2.45) is 4.99 Å². The van der Waals surface area contributed by atoms with E-state index in [4.69, 9.17) is 0 Å². The van der Waals surface area contributed by atoms with Crippen molar-refractivity contribution in [2.45, 2.75) is 32.4 Å². The predicted octanol–water partition coefficient (Wildman–Crippen LogP) is 4.40. The Labute approximate surface area is 192 Å². The molecule has 3 rings (SSSR count). The van der Waals surface area contributed by atoms with Gasteiger partial charge in [0.05, 0.1) is 6.04 Å². The van der Waals surface area contributed by atoms with Crippen LogP contribution in [-0.2, 0) is 6.54 Å². The van der Waals surface area contributed by atoms with Crippen LogP contribution in [0.1, 0.15) is 36.9 Å². The quantitative estimate of drug-likeness (QED) is 0.346. The molecular weight excluding hydrogens is 473 g/mol. The fraction of sp³-hybridized carbons (Fsp3) is 0.435. The first-order valence-corrected chi connectivity index (χ1v) is 10.1. The first-order valence-electron chi connectivity index (χ1n) is 10.1. The summed E-state index contributed by atoms with van der Waals surface area (Å²) in [5, 5.41) is 6.95. The average molecular weight is 507 g/mol.